The van der Waals surface area contributed by atoms with Gasteiger partial charge in [-0.2, -0.15) is 0 Å². The summed E-state index contributed by atoms with van der Waals surface area (Å²) in [5.74, 6) is -4.61. The number of ether oxygens (including phenoxy) is 1. The Morgan fingerprint density at radius 2 is 0.792 bits per heavy atom. The average Bonchev–Trinajstić information content (AvgIpc) is 2.24. The van der Waals surface area contributed by atoms with Crippen molar-refractivity contribution in [2.24, 2.45) is 0 Å². The van der Waals surface area contributed by atoms with Gasteiger partial charge in [-0.05, 0) is 0 Å². The van der Waals surface area contributed by atoms with Gasteiger partial charge in [0.25, 0.3) is 17.9 Å². The van der Waals surface area contributed by atoms with Crippen LogP contribution in [-0.2, 0) is 33.5 Å². The Morgan fingerprint density at radius 3 is 0.792 bits per heavy atom. The van der Waals surface area contributed by atoms with Crippen molar-refractivity contribution in [2.75, 3.05) is 0 Å². The van der Waals surface area contributed by atoms with E-state index in [0.717, 1.165) is 26.8 Å². The number of carboxylic acid groups (broad SMARTS) is 4. The van der Waals surface area contributed by atoms with Gasteiger partial charge in [-0.15, -0.1) is 0 Å². The molecule has 140 valence electrons. The topological polar surface area (TPSA) is 193 Å². The van der Waals surface area contributed by atoms with Crippen LogP contribution in [0.25, 0.3) is 0 Å². The van der Waals surface area contributed by atoms with Crippen molar-refractivity contribution in [1.82, 2.24) is 0 Å². The molecule has 0 rings (SSSR count). The van der Waals surface area contributed by atoms with E-state index >= 15 is 0 Å². The molecule has 0 amide bonds. The van der Waals surface area contributed by atoms with Gasteiger partial charge in [-0.3, -0.25) is 24.0 Å². The highest BCUT2D eigenvalue weighted by molar-refractivity contribution is 5.82. The van der Waals surface area contributed by atoms with Crippen LogP contribution < -0.4 is 0 Å². The van der Waals surface area contributed by atoms with Crippen molar-refractivity contribution in [3.63, 3.8) is 0 Å². The molecule has 0 fully saturated rings. The highest BCUT2D eigenvalue weighted by Gasteiger charge is 1.93. The fourth-order valence-corrected chi connectivity index (χ4v) is 0.202. The predicted molar refractivity (Wildman–Crippen MR) is 80.2 cm³/mol. The molecule has 4 N–H and O–H groups in total. The molecule has 0 aliphatic heterocycles. The van der Waals surface area contributed by atoms with Crippen molar-refractivity contribution in [2.45, 2.75) is 34.6 Å². The molecular weight excluding hydrogens is 332 g/mol. The molecule has 0 spiro atoms. The summed E-state index contributed by atoms with van der Waals surface area (Å²) in [6, 6.07) is 0. The highest BCUT2D eigenvalue weighted by atomic mass is 16.6. The fourth-order valence-electron chi connectivity index (χ4n) is 0.202. The largest absolute Gasteiger partial charge is 0.481 e. The number of carbonyl (C=O) groups excluding carboxylic acids is 2. The van der Waals surface area contributed by atoms with Gasteiger partial charge in [0.2, 0.25) is 0 Å². The normalized spacial score (nSPS) is 6.71. The molecule has 0 heterocycles. The first-order chi connectivity index (χ1) is 10.6. The molecule has 0 radical (unpaired) electrons. The van der Waals surface area contributed by atoms with E-state index in [1.54, 1.807) is 0 Å². The summed E-state index contributed by atoms with van der Waals surface area (Å²) in [4.78, 5) is 55.9. The zero-order valence-corrected chi connectivity index (χ0v) is 13.9. The van der Waals surface area contributed by atoms with Crippen LogP contribution in [0.4, 0.5) is 0 Å². The van der Waals surface area contributed by atoms with Crippen molar-refractivity contribution >= 4 is 35.8 Å². The van der Waals surface area contributed by atoms with Crippen LogP contribution in [0.5, 0.6) is 0 Å². The van der Waals surface area contributed by atoms with E-state index in [-0.39, 0.29) is 0 Å². The zero-order valence-electron chi connectivity index (χ0n) is 13.9. The summed E-state index contributed by atoms with van der Waals surface area (Å²) in [5.41, 5.74) is 0. The van der Waals surface area contributed by atoms with Crippen LogP contribution in [-0.4, -0.2) is 56.2 Å². The van der Waals surface area contributed by atoms with Gasteiger partial charge >= 0.3 is 17.9 Å². The second-order valence-corrected chi connectivity index (χ2v) is 3.18. The predicted octanol–water partition coefficient (Wildman–Crippen LogP) is 0.626. The SMILES string of the molecule is C=CC(=O)O.CC(=O)O.CC(=O)O.CC(=O)O.CC(=O)OC(C)=O. The van der Waals surface area contributed by atoms with Gasteiger partial charge in [0.1, 0.15) is 0 Å². The summed E-state index contributed by atoms with van der Waals surface area (Å²) in [6.07, 6.45) is 0.833. The van der Waals surface area contributed by atoms with Gasteiger partial charge in [-0.25, -0.2) is 4.79 Å². The Morgan fingerprint density at radius 1 is 0.667 bits per heavy atom. The molecule has 0 atom stereocenters. The number of hydrogen-bond acceptors (Lipinski definition) is 7. The molecule has 0 aromatic carbocycles. The number of aliphatic carboxylic acids is 4. The smallest absolute Gasteiger partial charge is 0.327 e. The lowest BCUT2D eigenvalue weighted by Gasteiger charge is -1.87. The van der Waals surface area contributed by atoms with Crippen molar-refractivity contribution in [1.29, 1.82) is 0 Å². The van der Waals surface area contributed by atoms with Crippen molar-refractivity contribution in [3.05, 3.63) is 12.7 Å². The van der Waals surface area contributed by atoms with E-state index in [4.69, 9.17) is 34.8 Å². The lowest BCUT2D eigenvalue weighted by Crippen LogP contribution is -2.03. The van der Waals surface area contributed by atoms with Gasteiger partial charge in [0.05, 0.1) is 0 Å². The van der Waals surface area contributed by atoms with E-state index in [0.29, 0.717) is 0 Å². The number of carbonyl (C=O) groups is 6. The van der Waals surface area contributed by atoms with Crippen LogP contribution in [0.3, 0.4) is 0 Å². The second kappa shape index (κ2) is 24.8. The first-order valence-electron chi connectivity index (χ1n) is 5.72. The molecule has 0 bridgehead atoms. The second-order valence-electron chi connectivity index (χ2n) is 3.18. The third-order valence-electron chi connectivity index (χ3n) is 0.462. The summed E-state index contributed by atoms with van der Waals surface area (Å²) >= 11 is 0. The molecule has 0 saturated carbocycles. The minimum Gasteiger partial charge on any atom is -0.481 e. The average molecular weight is 354 g/mol. The lowest BCUT2D eigenvalue weighted by molar-refractivity contribution is -0.156. The monoisotopic (exact) mass is 354 g/mol. The Labute approximate surface area is 138 Å². The third-order valence-corrected chi connectivity index (χ3v) is 0.462. The van der Waals surface area contributed by atoms with Crippen LogP contribution in [0.2, 0.25) is 0 Å². The maximum atomic E-state index is 9.81. The third kappa shape index (κ3) is 777. The first-order valence-corrected chi connectivity index (χ1v) is 5.72. The first kappa shape index (κ1) is 32.6. The lowest BCUT2D eigenvalue weighted by atomic mass is 10.7. The van der Waals surface area contributed by atoms with Gasteiger partial charge < -0.3 is 25.2 Å². The van der Waals surface area contributed by atoms with Gasteiger partial charge in [0.15, 0.2) is 0 Å². The van der Waals surface area contributed by atoms with Crippen LogP contribution >= 0.6 is 0 Å². The van der Waals surface area contributed by atoms with Gasteiger partial charge in [0, 0.05) is 40.7 Å². The summed E-state index contributed by atoms with van der Waals surface area (Å²) in [7, 11) is 0. The number of hydrogen-bond donors (Lipinski definition) is 4. The van der Waals surface area contributed by atoms with E-state index in [1.807, 2.05) is 0 Å². The van der Waals surface area contributed by atoms with Crippen molar-refractivity contribution in [3.8, 4) is 0 Å². The Kier molecular flexibility index (Phi) is 33.7. The molecule has 0 aromatic rings. The number of esters is 2. The summed E-state index contributed by atoms with van der Waals surface area (Å²) in [6.45, 7) is 8.57. The van der Waals surface area contributed by atoms with E-state index in [9.17, 15) is 14.4 Å². The molecule has 0 aliphatic carbocycles. The molecule has 0 aliphatic rings. The van der Waals surface area contributed by atoms with Gasteiger partial charge in [-0.1, -0.05) is 6.58 Å². The van der Waals surface area contributed by atoms with Crippen LogP contribution in [0.15, 0.2) is 12.7 Å². The maximum absolute atomic E-state index is 9.81. The Hall–Kier alpha value is -3.24. The Bertz CT molecular complexity index is 371. The molecule has 11 heteroatoms. The number of rotatable bonds is 1. The molecule has 11 nitrogen and oxygen atoms in total. The molecule has 0 saturated heterocycles. The minimum absolute atomic E-state index is 0.562. The highest BCUT2D eigenvalue weighted by Crippen LogP contribution is 1.73. The maximum Gasteiger partial charge on any atom is 0.327 e. The quantitative estimate of drug-likeness (QED) is 0.293. The van der Waals surface area contributed by atoms with E-state index < -0.39 is 35.8 Å². The van der Waals surface area contributed by atoms with E-state index in [1.165, 1.54) is 13.8 Å². The zero-order chi connectivity index (χ0) is 20.9. The molecule has 0 unspecified atom stereocenters. The van der Waals surface area contributed by atoms with Crippen LogP contribution in [0.1, 0.15) is 34.6 Å². The van der Waals surface area contributed by atoms with Crippen LogP contribution in [0, 0.1) is 0 Å². The van der Waals surface area contributed by atoms with E-state index in [2.05, 4.69) is 11.3 Å². The number of carboxylic acids is 4. The molecular formula is C13H22O11. The summed E-state index contributed by atoms with van der Waals surface area (Å²) < 4.78 is 3.97. The summed E-state index contributed by atoms with van der Waals surface area (Å²) in [5, 5.41) is 29.9. The standard InChI is InChI=1S/C4H6O3.C3H4O2.3C2H4O2/c1-3(5)7-4(2)6;1-2-3(4)5;3*1-2(3)4/h1-2H3;2H,1H2,(H,4,5);3*1H3,(H,3,4). The fraction of sp³-hybridized carbons (Fsp3) is 0.385. The van der Waals surface area contributed by atoms with Crippen molar-refractivity contribution < 1.29 is 53.9 Å². The molecule has 0 aromatic heterocycles. The Balaban J connectivity index is -0.0000000642. The minimum atomic E-state index is -0.981. The molecule has 24 heavy (non-hydrogen) atoms.